The summed E-state index contributed by atoms with van der Waals surface area (Å²) in [5.74, 6) is 0.207. The third-order valence-electron chi connectivity index (χ3n) is 1.74. The van der Waals surface area contributed by atoms with Gasteiger partial charge in [-0.25, -0.2) is 4.98 Å². The van der Waals surface area contributed by atoms with Crippen molar-refractivity contribution in [2.24, 2.45) is 0 Å². The molecule has 1 rings (SSSR count). The topological polar surface area (TPSA) is 81.0 Å². The van der Waals surface area contributed by atoms with Gasteiger partial charge in [0.25, 0.3) is 5.56 Å². The number of nitrogens with two attached hydrogens (primary N) is 1. The summed E-state index contributed by atoms with van der Waals surface area (Å²) in [5, 5.41) is 0. The van der Waals surface area contributed by atoms with Crippen molar-refractivity contribution in [2.45, 2.75) is 26.4 Å². The molecule has 1 aromatic rings. The van der Waals surface area contributed by atoms with Crippen molar-refractivity contribution in [3.8, 4) is 5.88 Å². The normalized spacial score (nSPS) is 12.5. The summed E-state index contributed by atoms with van der Waals surface area (Å²) in [6.07, 6.45) is 2.13. The number of anilines is 1. The first-order valence-corrected chi connectivity index (χ1v) is 4.15. The molecule has 5 nitrogen and oxygen atoms in total. The van der Waals surface area contributed by atoms with Crippen LogP contribution in [0.1, 0.15) is 20.3 Å². The number of nitrogen functional groups attached to an aromatic ring is 1. The monoisotopic (exact) mass is 183 g/mol. The van der Waals surface area contributed by atoms with E-state index in [1.54, 1.807) is 0 Å². The lowest BCUT2D eigenvalue weighted by Crippen LogP contribution is -2.18. The van der Waals surface area contributed by atoms with E-state index < -0.39 is 0 Å². The van der Waals surface area contributed by atoms with E-state index in [2.05, 4.69) is 9.97 Å². The Bertz CT molecular complexity index is 334. The number of aromatic nitrogens is 2. The molecule has 3 N–H and O–H groups in total. The first-order chi connectivity index (χ1) is 6.15. The molecule has 0 aliphatic rings. The van der Waals surface area contributed by atoms with Gasteiger partial charge in [0, 0.05) is 0 Å². The van der Waals surface area contributed by atoms with E-state index in [9.17, 15) is 4.79 Å². The first kappa shape index (κ1) is 9.57. The fourth-order valence-corrected chi connectivity index (χ4v) is 0.762. The van der Waals surface area contributed by atoms with Gasteiger partial charge >= 0.3 is 0 Å². The van der Waals surface area contributed by atoms with Crippen LogP contribution in [0.3, 0.4) is 0 Å². The minimum Gasteiger partial charge on any atom is -0.473 e. The Labute approximate surface area is 75.9 Å². The van der Waals surface area contributed by atoms with Crippen molar-refractivity contribution in [1.29, 1.82) is 0 Å². The highest BCUT2D eigenvalue weighted by Crippen LogP contribution is 2.13. The lowest BCUT2D eigenvalue weighted by molar-refractivity contribution is 0.209. The highest BCUT2D eigenvalue weighted by atomic mass is 16.5. The van der Waals surface area contributed by atoms with Gasteiger partial charge in [-0.05, 0) is 13.3 Å². The number of nitrogens with one attached hydrogen (secondary N) is 1. The molecule has 72 valence electrons. The molecule has 0 radical (unpaired) electrons. The molecular weight excluding hydrogens is 170 g/mol. The summed E-state index contributed by atoms with van der Waals surface area (Å²) in [7, 11) is 0. The predicted octanol–water partition coefficient (Wildman–Crippen LogP) is 0.529. The van der Waals surface area contributed by atoms with Crippen LogP contribution in [-0.4, -0.2) is 16.1 Å². The Kier molecular flexibility index (Phi) is 2.89. The van der Waals surface area contributed by atoms with Gasteiger partial charge in [0.15, 0.2) is 5.69 Å². The van der Waals surface area contributed by atoms with Crippen LogP contribution in [0, 0.1) is 0 Å². The average Bonchev–Trinajstić information content (AvgIpc) is 2.13. The molecule has 0 aliphatic carbocycles. The van der Waals surface area contributed by atoms with Crippen molar-refractivity contribution in [2.75, 3.05) is 5.73 Å². The van der Waals surface area contributed by atoms with Crippen LogP contribution in [0.15, 0.2) is 11.1 Å². The number of hydrogen-bond donors (Lipinski definition) is 2. The van der Waals surface area contributed by atoms with Crippen molar-refractivity contribution >= 4 is 5.69 Å². The van der Waals surface area contributed by atoms with Gasteiger partial charge in [0.2, 0.25) is 5.88 Å². The van der Waals surface area contributed by atoms with Crippen LogP contribution in [0.25, 0.3) is 0 Å². The van der Waals surface area contributed by atoms with Gasteiger partial charge < -0.3 is 15.5 Å². The average molecular weight is 183 g/mol. The van der Waals surface area contributed by atoms with Crippen LogP contribution in [0.5, 0.6) is 5.88 Å². The first-order valence-electron chi connectivity index (χ1n) is 4.15. The summed E-state index contributed by atoms with van der Waals surface area (Å²) in [4.78, 5) is 17.2. The minimum absolute atomic E-state index is 0.0107. The van der Waals surface area contributed by atoms with Crippen molar-refractivity contribution < 1.29 is 4.74 Å². The Balaban J connectivity index is 2.89. The van der Waals surface area contributed by atoms with Crippen molar-refractivity contribution in [3.05, 3.63) is 16.7 Å². The number of aromatic amines is 1. The summed E-state index contributed by atoms with van der Waals surface area (Å²) in [6, 6.07) is 0. The fourth-order valence-electron chi connectivity index (χ4n) is 0.762. The lowest BCUT2D eigenvalue weighted by atomic mass is 10.3. The largest absolute Gasteiger partial charge is 0.473 e. The van der Waals surface area contributed by atoms with E-state index in [4.69, 9.17) is 10.5 Å². The highest BCUT2D eigenvalue weighted by Gasteiger charge is 2.08. The quantitative estimate of drug-likeness (QED) is 0.716. The standard InChI is InChI=1S/C8H13N3O2/c1-3-5(2)13-8-6(9)7(12)10-4-11-8/h4-5H,3,9H2,1-2H3,(H,10,11,12). The van der Waals surface area contributed by atoms with E-state index in [1.165, 1.54) is 6.33 Å². The summed E-state index contributed by atoms with van der Waals surface area (Å²) >= 11 is 0. The van der Waals surface area contributed by atoms with E-state index in [0.717, 1.165) is 6.42 Å². The Morgan fingerprint density at radius 1 is 1.77 bits per heavy atom. The predicted molar refractivity (Wildman–Crippen MR) is 49.7 cm³/mol. The molecule has 1 unspecified atom stereocenters. The molecule has 1 aromatic heterocycles. The zero-order valence-electron chi connectivity index (χ0n) is 7.70. The van der Waals surface area contributed by atoms with Crippen LogP contribution >= 0.6 is 0 Å². The summed E-state index contributed by atoms with van der Waals surface area (Å²) in [6.45, 7) is 3.87. The molecule has 0 fully saturated rings. The number of hydrogen-bond acceptors (Lipinski definition) is 4. The maximum absolute atomic E-state index is 11.0. The van der Waals surface area contributed by atoms with Gasteiger partial charge in [0.1, 0.15) is 0 Å². The third-order valence-corrected chi connectivity index (χ3v) is 1.74. The van der Waals surface area contributed by atoms with Gasteiger partial charge in [-0.1, -0.05) is 6.92 Å². The van der Waals surface area contributed by atoms with Crippen LogP contribution in [-0.2, 0) is 0 Å². The van der Waals surface area contributed by atoms with Crippen molar-refractivity contribution in [1.82, 2.24) is 9.97 Å². The molecule has 5 heteroatoms. The number of nitrogens with zero attached hydrogens (tertiary/aromatic N) is 1. The van der Waals surface area contributed by atoms with E-state index in [1.807, 2.05) is 13.8 Å². The zero-order chi connectivity index (χ0) is 9.84. The highest BCUT2D eigenvalue weighted by molar-refractivity contribution is 5.44. The number of H-pyrrole nitrogens is 1. The van der Waals surface area contributed by atoms with Crippen LogP contribution < -0.4 is 16.0 Å². The maximum atomic E-state index is 11.0. The van der Waals surface area contributed by atoms with Gasteiger partial charge in [-0.3, -0.25) is 4.79 Å². The Morgan fingerprint density at radius 3 is 3.08 bits per heavy atom. The molecule has 0 bridgehead atoms. The molecule has 0 aromatic carbocycles. The number of ether oxygens (including phenoxy) is 1. The summed E-state index contributed by atoms with van der Waals surface area (Å²) in [5.41, 5.74) is 5.12. The second kappa shape index (κ2) is 3.93. The van der Waals surface area contributed by atoms with E-state index >= 15 is 0 Å². The Hall–Kier alpha value is -1.52. The molecule has 0 saturated heterocycles. The van der Waals surface area contributed by atoms with E-state index in [0.29, 0.717) is 0 Å². The smallest absolute Gasteiger partial charge is 0.277 e. The van der Waals surface area contributed by atoms with Gasteiger partial charge in [0.05, 0.1) is 12.4 Å². The molecule has 0 aliphatic heterocycles. The minimum atomic E-state index is -0.367. The van der Waals surface area contributed by atoms with Gasteiger partial charge in [-0.2, -0.15) is 0 Å². The molecule has 13 heavy (non-hydrogen) atoms. The molecule has 0 spiro atoms. The number of rotatable bonds is 3. The molecule has 1 atom stereocenters. The van der Waals surface area contributed by atoms with Crippen molar-refractivity contribution in [3.63, 3.8) is 0 Å². The lowest BCUT2D eigenvalue weighted by Gasteiger charge is -2.11. The van der Waals surface area contributed by atoms with Crippen LogP contribution in [0.4, 0.5) is 5.69 Å². The molecule has 0 amide bonds. The second-order valence-electron chi connectivity index (χ2n) is 2.79. The van der Waals surface area contributed by atoms with Gasteiger partial charge in [-0.15, -0.1) is 0 Å². The second-order valence-corrected chi connectivity index (χ2v) is 2.79. The third kappa shape index (κ3) is 2.21. The molecular formula is C8H13N3O2. The van der Waals surface area contributed by atoms with Crippen LogP contribution in [0.2, 0.25) is 0 Å². The maximum Gasteiger partial charge on any atom is 0.277 e. The molecule has 1 heterocycles. The summed E-state index contributed by atoms with van der Waals surface area (Å²) < 4.78 is 5.32. The zero-order valence-corrected chi connectivity index (χ0v) is 7.70. The fraction of sp³-hybridized carbons (Fsp3) is 0.500. The molecule has 0 saturated carbocycles. The Morgan fingerprint density at radius 2 is 2.46 bits per heavy atom. The van der Waals surface area contributed by atoms with E-state index in [-0.39, 0.29) is 23.2 Å². The SMILES string of the molecule is CCC(C)Oc1nc[nH]c(=O)c1N.